The van der Waals surface area contributed by atoms with Gasteiger partial charge in [0.2, 0.25) is 5.82 Å². The summed E-state index contributed by atoms with van der Waals surface area (Å²) in [6.07, 6.45) is 0. The first kappa shape index (κ1) is 9.38. The predicted octanol–water partition coefficient (Wildman–Crippen LogP) is 0.775. The molecule has 7 nitrogen and oxygen atoms in total. The van der Waals surface area contributed by atoms with Crippen LogP contribution in [0.5, 0.6) is 0 Å². The Bertz CT molecular complexity index is 494. The zero-order valence-electron chi connectivity index (χ0n) is 8.11. The zero-order valence-corrected chi connectivity index (χ0v) is 8.11. The highest BCUT2D eigenvalue weighted by Gasteiger charge is 2.18. The van der Waals surface area contributed by atoms with Crippen molar-refractivity contribution in [1.29, 1.82) is 0 Å². The molecule has 0 spiro atoms. The SMILES string of the molecule is Cc1noc(C)c1-c1n[nH]c(C(=O)O)n1. The normalized spacial score (nSPS) is 10.5. The number of nitrogens with one attached hydrogen (secondary N) is 1. The van der Waals surface area contributed by atoms with E-state index in [-0.39, 0.29) is 11.6 Å². The van der Waals surface area contributed by atoms with Crippen LogP contribution in [0.2, 0.25) is 0 Å². The van der Waals surface area contributed by atoms with Crippen LogP contribution >= 0.6 is 0 Å². The van der Waals surface area contributed by atoms with Crippen LogP contribution in [0.1, 0.15) is 22.1 Å². The number of nitrogens with zero attached hydrogens (tertiary/aromatic N) is 3. The Morgan fingerprint density at radius 2 is 2.20 bits per heavy atom. The molecule has 0 fully saturated rings. The largest absolute Gasteiger partial charge is 0.475 e. The van der Waals surface area contributed by atoms with E-state index in [0.29, 0.717) is 17.0 Å². The first-order valence-electron chi connectivity index (χ1n) is 4.18. The van der Waals surface area contributed by atoms with Crippen LogP contribution in [-0.2, 0) is 0 Å². The van der Waals surface area contributed by atoms with Gasteiger partial charge in [0.1, 0.15) is 5.76 Å². The molecule has 2 heterocycles. The van der Waals surface area contributed by atoms with Gasteiger partial charge >= 0.3 is 5.97 Å². The molecule has 0 saturated heterocycles. The van der Waals surface area contributed by atoms with Gasteiger partial charge in [0.05, 0.1) is 11.3 Å². The third-order valence-electron chi connectivity index (χ3n) is 1.94. The Kier molecular flexibility index (Phi) is 2.00. The number of aryl methyl sites for hydroxylation is 2. The van der Waals surface area contributed by atoms with Crippen LogP contribution in [0, 0.1) is 13.8 Å². The maximum absolute atomic E-state index is 10.6. The average molecular weight is 208 g/mol. The number of carboxylic acids is 1. The molecule has 0 bridgehead atoms. The Labute approximate surface area is 84.1 Å². The van der Waals surface area contributed by atoms with Crippen LogP contribution in [0.15, 0.2) is 4.52 Å². The van der Waals surface area contributed by atoms with Gasteiger partial charge in [-0.1, -0.05) is 5.16 Å². The van der Waals surface area contributed by atoms with Crippen molar-refractivity contribution in [3.05, 3.63) is 17.3 Å². The Hall–Kier alpha value is -2.18. The summed E-state index contributed by atoms with van der Waals surface area (Å²) in [5.41, 5.74) is 1.25. The molecule has 2 aromatic heterocycles. The van der Waals surface area contributed by atoms with Gasteiger partial charge in [-0.15, -0.1) is 0 Å². The van der Waals surface area contributed by atoms with Crippen LogP contribution in [0.25, 0.3) is 11.4 Å². The van der Waals surface area contributed by atoms with Gasteiger partial charge in [-0.3, -0.25) is 5.10 Å². The number of aromatic nitrogens is 4. The molecule has 0 atom stereocenters. The quantitative estimate of drug-likeness (QED) is 0.755. The van der Waals surface area contributed by atoms with Gasteiger partial charge in [0.15, 0.2) is 5.82 Å². The van der Waals surface area contributed by atoms with Crippen molar-refractivity contribution >= 4 is 5.97 Å². The van der Waals surface area contributed by atoms with Crippen molar-refractivity contribution in [3.8, 4) is 11.4 Å². The minimum Gasteiger partial charge on any atom is -0.475 e. The van der Waals surface area contributed by atoms with Gasteiger partial charge in [0, 0.05) is 0 Å². The molecule has 0 unspecified atom stereocenters. The summed E-state index contributed by atoms with van der Waals surface area (Å²) in [4.78, 5) is 14.4. The number of carbonyl (C=O) groups is 1. The van der Waals surface area contributed by atoms with Gasteiger partial charge in [-0.25, -0.2) is 9.78 Å². The highest BCUT2D eigenvalue weighted by atomic mass is 16.5. The van der Waals surface area contributed by atoms with Crippen molar-refractivity contribution in [2.24, 2.45) is 0 Å². The van der Waals surface area contributed by atoms with Crippen molar-refractivity contribution in [2.45, 2.75) is 13.8 Å². The average Bonchev–Trinajstić information content (AvgIpc) is 2.73. The van der Waals surface area contributed by atoms with Gasteiger partial charge in [0.25, 0.3) is 0 Å². The van der Waals surface area contributed by atoms with Crippen molar-refractivity contribution in [2.75, 3.05) is 0 Å². The van der Waals surface area contributed by atoms with E-state index < -0.39 is 5.97 Å². The van der Waals surface area contributed by atoms with Crippen molar-refractivity contribution < 1.29 is 14.4 Å². The lowest BCUT2D eigenvalue weighted by molar-refractivity contribution is 0.0684. The van der Waals surface area contributed by atoms with Crippen LogP contribution in [0.3, 0.4) is 0 Å². The predicted molar refractivity (Wildman–Crippen MR) is 48.3 cm³/mol. The third-order valence-corrected chi connectivity index (χ3v) is 1.94. The van der Waals surface area contributed by atoms with E-state index >= 15 is 0 Å². The Morgan fingerprint density at radius 3 is 2.67 bits per heavy atom. The molecule has 7 heteroatoms. The molecule has 0 saturated carbocycles. The Morgan fingerprint density at radius 1 is 1.47 bits per heavy atom. The number of hydrogen-bond donors (Lipinski definition) is 2. The fraction of sp³-hybridized carbons (Fsp3) is 0.250. The molecule has 15 heavy (non-hydrogen) atoms. The summed E-state index contributed by atoms with van der Waals surface area (Å²) in [6.45, 7) is 3.45. The molecular formula is C8H8N4O3. The van der Waals surface area contributed by atoms with E-state index in [1.807, 2.05) is 0 Å². The third kappa shape index (κ3) is 1.47. The number of carboxylic acid groups (broad SMARTS) is 1. The standard InChI is InChI=1S/C8H8N4O3/c1-3-5(4(2)15-12-3)6-9-7(8(13)14)11-10-6/h1-2H3,(H,13,14)(H,9,10,11). The van der Waals surface area contributed by atoms with E-state index in [2.05, 4.69) is 20.3 Å². The molecule has 78 valence electrons. The van der Waals surface area contributed by atoms with Crippen LogP contribution in [-0.4, -0.2) is 31.4 Å². The van der Waals surface area contributed by atoms with Crippen LogP contribution in [0.4, 0.5) is 0 Å². The fourth-order valence-corrected chi connectivity index (χ4v) is 1.27. The molecule has 2 aromatic rings. The molecule has 0 radical (unpaired) electrons. The summed E-state index contributed by atoms with van der Waals surface area (Å²) >= 11 is 0. The summed E-state index contributed by atoms with van der Waals surface area (Å²) in [6, 6.07) is 0. The molecular weight excluding hydrogens is 200 g/mol. The highest BCUT2D eigenvalue weighted by molar-refractivity contribution is 5.83. The summed E-state index contributed by atoms with van der Waals surface area (Å²) in [5, 5.41) is 18.5. The maximum Gasteiger partial charge on any atom is 0.373 e. The second-order valence-electron chi connectivity index (χ2n) is 3.01. The molecule has 2 N–H and O–H groups in total. The Balaban J connectivity index is 2.50. The van der Waals surface area contributed by atoms with E-state index in [1.165, 1.54) is 0 Å². The molecule has 0 aliphatic carbocycles. The summed E-state index contributed by atoms with van der Waals surface area (Å²) in [7, 11) is 0. The van der Waals surface area contributed by atoms with E-state index in [9.17, 15) is 4.79 Å². The van der Waals surface area contributed by atoms with Crippen molar-refractivity contribution in [1.82, 2.24) is 20.3 Å². The second-order valence-corrected chi connectivity index (χ2v) is 3.01. The van der Waals surface area contributed by atoms with Gasteiger partial charge in [-0.05, 0) is 13.8 Å². The summed E-state index contributed by atoms with van der Waals surface area (Å²) < 4.78 is 4.93. The number of aromatic amines is 1. The number of rotatable bonds is 2. The smallest absolute Gasteiger partial charge is 0.373 e. The number of hydrogen-bond acceptors (Lipinski definition) is 5. The van der Waals surface area contributed by atoms with E-state index in [1.54, 1.807) is 13.8 Å². The lowest BCUT2D eigenvalue weighted by atomic mass is 10.2. The van der Waals surface area contributed by atoms with Gasteiger partial charge in [-0.2, -0.15) is 5.10 Å². The number of aromatic carboxylic acids is 1. The first-order valence-corrected chi connectivity index (χ1v) is 4.18. The lowest BCUT2D eigenvalue weighted by Gasteiger charge is -1.89. The van der Waals surface area contributed by atoms with E-state index in [4.69, 9.17) is 9.63 Å². The zero-order chi connectivity index (χ0) is 11.0. The monoisotopic (exact) mass is 208 g/mol. The molecule has 0 aromatic carbocycles. The second kappa shape index (κ2) is 3.19. The van der Waals surface area contributed by atoms with Gasteiger partial charge < -0.3 is 9.63 Å². The minimum atomic E-state index is -1.15. The molecule has 0 aliphatic rings. The van der Waals surface area contributed by atoms with E-state index in [0.717, 1.165) is 0 Å². The summed E-state index contributed by atoms with van der Waals surface area (Å²) in [5.74, 6) is -0.516. The topological polar surface area (TPSA) is 105 Å². The van der Waals surface area contributed by atoms with Crippen LogP contribution < -0.4 is 0 Å². The molecule has 2 rings (SSSR count). The number of H-pyrrole nitrogens is 1. The van der Waals surface area contributed by atoms with Crippen molar-refractivity contribution in [3.63, 3.8) is 0 Å². The molecule has 0 aliphatic heterocycles. The first-order chi connectivity index (χ1) is 7.09. The maximum atomic E-state index is 10.6. The molecule has 0 amide bonds. The lowest BCUT2D eigenvalue weighted by Crippen LogP contribution is -1.98. The fourth-order valence-electron chi connectivity index (χ4n) is 1.27. The highest BCUT2D eigenvalue weighted by Crippen LogP contribution is 2.22. The minimum absolute atomic E-state index is 0.204.